The summed E-state index contributed by atoms with van der Waals surface area (Å²) >= 11 is 1.99. The molecule has 0 fully saturated rings. The van der Waals surface area contributed by atoms with Gasteiger partial charge in [-0.05, 0) is 190 Å². The Labute approximate surface area is 422 Å². The molecule has 342 valence electrons. The molecule has 2 atom stereocenters. The van der Waals surface area contributed by atoms with Gasteiger partial charge in [0.25, 0.3) is 0 Å². The lowest BCUT2D eigenvalue weighted by Crippen LogP contribution is -2.32. The summed E-state index contributed by atoms with van der Waals surface area (Å²) < 4.78 is 0. The molecule has 1 heterocycles. The highest BCUT2D eigenvalue weighted by atomic mass is 32.2. The molecule has 10 aromatic rings. The lowest BCUT2D eigenvalue weighted by molar-refractivity contribution is 0.738. The van der Waals surface area contributed by atoms with E-state index in [0.29, 0.717) is 5.25 Å². The number of aryl methyl sites for hydroxylation is 6. The van der Waals surface area contributed by atoms with Crippen molar-refractivity contribution in [3.8, 4) is 33.4 Å². The van der Waals surface area contributed by atoms with E-state index in [1.54, 1.807) is 0 Å². The Balaban J connectivity index is 1.000. The minimum atomic E-state index is -0.552. The number of hydrogen-bond donors (Lipinski definition) is 0. The highest BCUT2D eigenvalue weighted by molar-refractivity contribution is 8.00. The molecule has 13 rings (SSSR count). The molecular formula is C69H55NS. The van der Waals surface area contributed by atoms with E-state index in [9.17, 15) is 0 Å². The SMILES string of the molecule is Cc1cc(C)c(C2(c3c(C)cc(C)cc3C)c3ccccc3-c3c(N(c4ccc(-c5ccc6cc(-c7ccc8ccccc8c7)ccc6c5)cc4)c4cccc5c4C4C=CC=CC4S5)cccc32)c(C)c1. The Morgan fingerprint density at radius 1 is 0.423 bits per heavy atom. The van der Waals surface area contributed by atoms with Crippen molar-refractivity contribution < 1.29 is 0 Å². The summed E-state index contributed by atoms with van der Waals surface area (Å²) in [5.74, 6) is 0.274. The highest BCUT2D eigenvalue weighted by Crippen LogP contribution is 2.63. The van der Waals surface area contributed by atoms with Crippen LogP contribution in [0.2, 0.25) is 0 Å². The van der Waals surface area contributed by atoms with Crippen molar-refractivity contribution in [1.29, 1.82) is 0 Å². The number of thioether (sulfide) groups is 1. The van der Waals surface area contributed by atoms with E-state index in [4.69, 9.17) is 0 Å². The maximum Gasteiger partial charge on any atom is 0.0724 e. The number of hydrogen-bond acceptors (Lipinski definition) is 2. The molecule has 71 heavy (non-hydrogen) atoms. The van der Waals surface area contributed by atoms with Gasteiger partial charge in [-0.15, -0.1) is 11.8 Å². The molecule has 2 aliphatic carbocycles. The van der Waals surface area contributed by atoms with Crippen molar-refractivity contribution in [1.82, 2.24) is 0 Å². The topological polar surface area (TPSA) is 3.24 Å². The summed E-state index contributed by atoms with van der Waals surface area (Å²) in [6, 6.07) is 71.6. The molecule has 0 radical (unpaired) electrons. The summed E-state index contributed by atoms with van der Waals surface area (Å²) in [6.07, 6.45) is 9.26. The first kappa shape index (κ1) is 43.4. The summed E-state index contributed by atoms with van der Waals surface area (Å²) in [7, 11) is 0. The van der Waals surface area contributed by atoms with Crippen LogP contribution in [0, 0.1) is 41.5 Å². The van der Waals surface area contributed by atoms with E-state index in [-0.39, 0.29) is 5.92 Å². The summed E-state index contributed by atoms with van der Waals surface area (Å²) in [4.78, 5) is 3.95. The Kier molecular flexibility index (Phi) is 10.2. The Morgan fingerprint density at radius 3 is 1.59 bits per heavy atom. The number of nitrogens with zero attached hydrogens (tertiary/aromatic N) is 1. The average Bonchev–Trinajstić information content (AvgIpc) is 3.91. The summed E-state index contributed by atoms with van der Waals surface area (Å²) in [5.41, 5.74) is 25.2. The number of rotatable bonds is 7. The van der Waals surface area contributed by atoms with Gasteiger partial charge in [0.1, 0.15) is 0 Å². The van der Waals surface area contributed by atoms with E-state index < -0.39 is 5.41 Å². The van der Waals surface area contributed by atoms with Gasteiger partial charge in [-0.3, -0.25) is 0 Å². The van der Waals surface area contributed by atoms with Crippen LogP contribution in [-0.2, 0) is 5.41 Å². The summed E-state index contributed by atoms with van der Waals surface area (Å²) in [5, 5.41) is 5.37. The van der Waals surface area contributed by atoms with Crippen molar-refractivity contribution in [2.75, 3.05) is 4.90 Å². The fraction of sp³-hybridized carbons (Fsp3) is 0.130. The Morgan fingerprint density at radius 2 is 0.930 bits per heavy atom. The van der Waals surface area contributed by atoms with E-state index >= 15 is 0 Å². The van der Waals surface area contributed by atoms with Crippen molar-refractivity contribution in [3.63, 3.8) is 0 Å². The fourth-order valence-corrected chi connectivity index (χ4v) is 14.5. The van der Waals surface area contributed by atoms with E-state index in [0.717, 1.165) is 5.69 Å². The fourth-order valence-electron chi connectivity index (χ4n) is 13.2. The maximum absolute atomic E-state index is 2.60. The lowest BCUT2D eigenvalue weighted by Gasteiger charge is -2.39. The van der Waals surface area contributed by atoms with Crippen molar-refractivity contribution >= 4 is 50.4 Å². The standard InChI is InChI=1S/C69H55NS/c1-42-35-44(3)67(45(4)36-42)69(68-46(5)37-43(2)38-47(68)6)59-19-11-9-17-57(59)65-60(69)20-13-21-61(65)70(62-22-14-24-64-66(62)58-18-10-12-23-63(58)71-64)56-33-31-49(32-34-56)51-27-28-54-41-55(30-29-53(54)40-51)52-26-25-48-15-7-8-16-50(48)39-52/h7-41,58,63H,1-6H3. The Hall–Kier alpha value is -7.65. The molecule has 1 nitrogen and oxygen atoms in total. The minimum Gasteiger partial charge on any atom is -0.310 e. The first-order valence-corrected chi connectivity index (χ1v) is 26.0. The molecule has 0 saturated carbocycles. The van der Waals surface area contributed by atoms with Crippen LogP contribution >= 0.6 is 11.8 Å². The van der Waals surface area contributed by atoms with Gasteiger partial charge in [0.05, 0.1) is 16.8 Å². The summed E-state index contributed by atoms with van der Waals surface area (Å²) in [6.45, 7) is 13.8. The first-order valence-electron chi connectivity index (χ1n) is 25.1. The molecule has 0 aromatic heterocycles. The van der Waals surface area contributed by atoms with E-state index in [1.807, 2.05) is 11.8 Å². The second-order valence-electron chi connectivity index (χ2n) is 20.3. The predicted octanol–water partition coefficient (Wildman–Crippen LogP) is 18.7. The number of anilines is 3. The second-order valence-corrected chi connectivity index (χ2v) is 21.6. The first-order chi connectivity index (χ1) is 34.6. The molecule has 0 N–H and O–H groups in total. The zero-order valence-corrected chi connectivity index (χ0v) is 42.0. The molecular weight excluding hydrogens is 875 g/mol. The largest absolute Gasteiger partial charge is 0.310 e. The average molecular weight is 930 g/mol. The van der Waals surface area contributed by atoms with Crippen LogP contribution in [0.3, 0.4) is 0 Å². The number of benzene rings is 10. The third kappa shape index (κ3) is 6.83. The van der Waals surface area contributed by atoms with Crippen LogP contribution < -0.4 is 4.90 Å². The Bertz CT molecular complexity index is 3780. The van der Waals surface area contributed by atoms with Crippen molar-refractivity contribution in [2.24, 2.45) is 0 Å². The zero-order valence-electron chi connectivity index (χ0n) is 41.2. The molecule has 3 aliphatic rings. The molecule has 1 aliphatic heterocycles. The number of fused-ring (bicyclic) bond motifs is 8. The van der Waals surface area contributed by atoms with Crippen LogP contribution in [0.1, 0.15) is 67.1 Å². The third-order valence-electron chi connectivity index (χ3n) is 15.7. The van der Waals surface area contributed by atoms with Gasteiger partial charge in [-0.2, -0.15) is 0 Å². The molecule has 2 unspecified atom stereocenters. The highest BCUT2D eigenvalue weighted by Gasteiger charge is 2.50. The quantitative estimate of drug-likeness (QED) is 0.157. The second kappa shape index (κ2) is 16.8. The van der Waals surface area contributed by atoms with Gasteiger partial charge in [-0.25, -0.2) is 0 Å². The van der Waals surface area contributed by atoms with Gasteiger partial charge in [0.15, 0.2) is 0 Å². The van der Waals surface area contributed by atoms with Gasteiger partial charge in [0, 0.05) is 27.3 Å². The predicted molar refractivity (Wildman–Crippen MR) is 303 cm³/mol. The normalized spacial score (nSPS) is 16.0. The molecule has 10 aromatic carbocycles. The monoisotopic (exact) mass is 929 g/mol. The van der Waals surface area contributed by atoms with Crippen LogP contribution in [0.25, 0.3) is 54.9 Å². The van der Waals surface area contributed by atoms with Gasteiger partial charge < -0.3 is 4.90 Å². The van der Waals surface area contributed by atoms with Gasteiger partial charge in [0.2, 0.25) is 0 Å². The van der Waals surface area contributed by atoms with E-state index in [2.05, 4.69) is 259 Å². The van der Waals surface area contributed by atoms with Crippen LogP contribution in [0.5, 0.6) is 0 Å². The van der Waals surface area contributed by atoms with Crippen LogP contribution in [0.4, 0.5) is 17.1 Å². The maximum atomic E-state index is 2.60. The minimum absolute atomic E-state index is 0.274. The van der Waals surface area contributed by atoms with Crippen LogP contribution in [0.15, 0.2) is 217 Å². The lowest BCUT2D eigenvalue weighted by atomic mass is 9.63. The van der Waals surface area contributed by atoms with E-state index in [1.165, 1.54) is 132 Å². The molecule has 2 heteroatoms. The van der Waals surface area contributed by atoms with Crippen LogP contribution in [-0.4, -0.2) is 5.25 Å². The van der Waals surface area contributed by atoms with Gasteiger partial charge >= 0.3 is 0 Å². The number of allylic oxidation sites excluding steroid dienone is 3. The van der Waals surface area contributed by atoms with Crippen molar-refractivity contribution in [2.45, 2.75) is 63.0 Å². The zero-order chi connectivity index (χ0) is 48.1. The van der Waals surface area contributed by atoms with Crippen molar-refractivity contribution in [3.05, 3.63) is 274 Å². The molecule has 0 saturated heterocycles. The third-order valence-corrected chi connectivity index (χ3v) is 17.1. The molecule has 0 bridgehead atoms. The molecule has 0 amide bonds. The smallest absolute Gasteiger partial charge is 0.0724 e. The van der Waals surface area contributed by atoms with Gasteiger partial charge in [-0.1, -0.05) is 175 Å². The molecule has 0 spiro atoms.